The van der Waals surface area contributed by atoms with Crippen molar-refractivity contribution in [3.63, 3.8) is 0 Å². The lowest BCUT2D eigenvalue weighted by Gasteiger charge is -2.10. The molecule has 0 aliphatic carbocycles. The molecule has 0 spiro atoms. The fraction of sp³-hybridized carbons (Fsp3) is 0.333. The van der Waals surface area contributed by atoms with Crippen molar-refractivity contribution in [2.75, 3.05) is 0 Å². The highest BCUT2D eigenvalue weighted by atomic mass is 31.2. The molecule has 0 rings (SSSR count). The highest BCUT2D eigenvalue weighted by Crippen LogP contribution is 2.48. The van der Waals surface area contributed by atoms with Gasteiger partial charge in [0.15, 0.2) is 0 Å². The zero-order valence-electron chi connectivity index (χ0n) is 5.04. The summed E-state index contributed by atoms with van der Waals surface area (Å²) < 4.78 is 50.0. The number of hydrogen-bond acceptors (Lipinski definition) is 3. The number of rotatable bonds is 3. The van der Waals surface area contributed by atoms with Gasteiger partial charge < -0.3 is 4.52 Å². The lowest BCUT2D eigenvalue weighted by molar-refractivity contribution is -0.281. The van der Waals surface area contributed by atoms with Crippen LogP contribution in [0.5, 0.6) is 0 Å². The summed E-state index contributed by atoms with van der Waals surface area (Å²) in [5, 5.41) is 0. The Hall–Kier alpha value is -0.520. The molecule has 0 fully saturated rings. The molecule has 11 heavy (non-hydrogen) atoms. The van der Waals surface area contributed by atoms with Gasteiger partial charge in [0.2, 0.25) is 0 Å². The summed E-state index contributed by atoms with van der Waals surface area (Å²) in [5.74, 6) is 0. The van der Waals surface area contributed by atoms with Gasteiger partial charge in [-0.1, -0.05) is 6.58 Å². The van der Waals surface area contributed by atoms with E-state index < -0.39 is 14.2 Å². The third-order valence-corrected chi connectivity index (χ3v) is 1.28. The van der Waals surface area contributed by atoms with E-state index in [1.807, 2.05) is 0 Å². The molecular weight excluding hydrogens is 188 g/mol. The highest BCUT2D eigenvalue weighted by molar-refractivity contribution is 7.47. The Balaban J connectivity index is 4.13. The molecule has 66 valence electrons. The van der Waals surface area contributed by atoms with Crippen molar-refractivity contribution in [3.8, 4) is 0 Å². The molecule has 0 aliphatic rings. The third-order valence-electron chi connectivity index (χ3n) is 0.427. The second-order valence-corrected chi connectivity index (χ2v) is 2.61. The van der Waals surface area contributed by atoms with Crippen molar-refractivity contribution in [3.05, 3.63) is 12.8 Å². The van der Waals surface area contributed by atoms with Crippen LogP contribution in [0.15, 0.2) is 12.8 Å². The van der Waals surface area contributed by atoms with Crippen molar-refractivity contribution < 1.29 is 31.7 Å². The topological polar surface area (TPSA) is 55.8 Å². The van der Waals surface area contributed by atoms with Crippen molar-refractivity contribution in [1.82, 2.24) is 0 Å². The second-order valence-electron chi connectivity index (χ2n) is 1.28. The smallest absolute Gasteiger partial charge is 0.413 e. The molecule has 1 unspecified atom stereocenters. The molecule has 0 saturated heterocycles. The molecule has 4 nitrogen and oxygen atoms in total. The lowest BCUT2D eigenvalue weighted by atomic mass is 11.2. The summed E-state index contributed by atoms with van der Waals surface area (Å²) in [6.07, 6.45) is -4.82. The fourth-order valence-electron chi connectivity index (χ4n) is 0.247. The first-order valence-corrected chi connectivity index (χ1v) is 3.66. The van der Waals surface area contributed by atoms with Gasteiger partial charge in [0.25, 0.3) is 0 Å². The van der Waals surface area contributed by atoms with E-state index in [4.69, 9.17) is 4.89 Å². The first-order valence-electron chi connectivity index (χ1n) is 2.16. The Morgan fingerprint density at radius 2 is 2.00 bits per heavy atom. The van der Waals surface area contributed by atoms with Gasteiger partial charge in [0, 0.05) is 0 Å². The molecule has 1 atom stereocenters. The summed E-state index contributed by atoms with van der Waals surface area (Å²) in [6, 6.07) is 0. The van der Waals surface area contributed by atoms with Crippen LogP contribution in [0.4, 0.5) is 13.2 Å². The summed E-state index contributed by atoms with van der Waals surface area (Å²) in [4.78, 5) is 8.17. The van der Waals surface area contributed by atoms with Crippen LogP contribution in [0.25, 0.3) is 0 Å². The first-order chi connectivity index (χ1) is 4.77. The van der Waals surface area contributed by atoms with Crippen LogP contribution in [-0.2, 0) is 13.6 Å². The van der Waals surface area contributed by atoms with Crippen LogP contribution < -0.4 is 0 Å². The minimum absolute atomic E-state index is 0.381. The minimum atomic E-state index is -5.20. The van der Waals surface area contributed by atoms with E-state index in [1.54, 1.807) is 0 Å². The van der Waals surface area contributed by atoms with E-state index in [0.29, 0.717) is 6.26 Å². The molecular formula is C3H4F3O4P. The van der Waals surface area contributed by atoms with Crippen LogP contribution in [0, 0.1) is 0 Å². The van der Waals surface area contributed by atoms with Crippen molar-refractivity contribution >= 4 is 7.82 Å². The monoisotopic (exact) mass is 192 g/mol. The summed E-state index contributed by atoms with van der Waals surface area (Å²) >= 11 is 0. The van der Waals surface area contributed by atoms with Gasteiger partial charge in [0.1, 0.15) is 0 Å². The summed E-state index contributed by atoms with van der Waals surface area (Å²) in [6.45, 7) is 2.77. The van der Waals surface area contributed by atoms with Gasteiger partial charge in [-0.25, -0.2) is 4.57 Å². The highest BCUT2D eigenvalue weighted by Gasteiger charge is 2.41. The number of phosphoric ester groups is 1. The van der Waals surface area contributed by atoms with Crippen molar-refractivity contribution in [1.29, 1.82) is 0 Å². The molecule has 0 bridgehead atoms. The molecule has 0 amide bonds. The first kappa shape index (κ1) is 10.5. The predicted molar refractivity (Wildman–Crippen MR) is 28.2 cm³/mol. The van der Waals surface area contributed by atoms with Gasteiger partial charge in [0.05, 0.1) is 6.26 Å². The number of phosphoric acid groups is 1. The average Bonchev–Trinajstić information content (AvgIpc) is 1.55. The maximum atomic E-state index is 11.2. The van der Waals surface area contributed by atoms with Crippen molar-refractivity contribution in [2.45, 2.75) is 6.36 Å². The van der Waals surface area contributed by atoms with Gasteiger partial charge in [-0.15, -0.1) is 13.2 Å². The standard InChI is InChI=1S/C3H4F3O4P/c1-2-9-11(7,8)10-3(4,5)6/h2H,1H2,(H,7,8). The van der Waals surface area contributed by atoms with E-state index in [0.717, 1.165) is 0 Å². The van der Waals surface area contributed by atoms with E-state index in [2.05, 4.69) is 15.6 Å². The Bertz CT molecular complexity index is 188. The van der Waals surface area contributed by atoms with Gasteiger partial charge in [-0.05, 0) is 0 Å². The Morgan fingerprint density at radius 3 is 2.27 bits per heavy atom. The average molecular weight is 192 g/mol. The molecule has 0 saturated carbocycles. The molecule has 0 aromatic rings. The number of hydrogen-bond donors (Lipinski definition) is 1. The van der Waals surface area contributed by atoms with Crippen LogP contribution in [0.2, 0.25) is 0 Å². The largest absolute Gasteiger partial charge is 0.533 e. The molecule has 0 radical (unpaired) electrons. The Morgan fingerprint density at radius 1 is 1.55 bits per heavy atom. The van der Waals surface area contributed by atoms with Crippen molar-refractivity contribution in [2.24, 2.45) is 0 Å². The van der Waals surface area contributed by atoms with Crippen LogP contribution in [-0.4, -0.2) is 11.3 Å². The summed E-state index contributed by atoms with van der Waals surface area (Å²) in [5.41, 5.74) is 0. The van der Waals surface area contributed by atoms with E-state index in [9.17, 15) is 17.7 Å². The van der Waals surface area contributed by atoms with Gasteiger partial charge in [-0.3, -0.25) is 4.89 Å². The predicted octanol–water partition coefficient (Wildman–Crippen LogP) is 1.78. The quantitative estimate of drug-likeness (QED) is 0.546. The SMILES string of the molecule is C=COP(=O)(O)OC(F)(F)F. The fourth-order valence-corrected chi connectivity index (χ4v) is 0.740. The van der Waals surface area contributed by atoms with Crippen LogP contribution in [0.1, 0.15) is 0 Å². The molecule has 0 aromatic heterocycles. The van der Waals surface area contributed by atoms with Gasteiger partial charge in [-0.2, -0.15) is 4.52 Å². The van der Waals surface area contributed by atoms with Crippen LogP contribution in [0.3, 0.4) is 0 Å². The molecule has 1 N–H and O–H groups in total. The lowest BCUT2D eigenvalue weighted by Crippen LogP contribution is -2.11. The van der Waals surface area contributed by atoms with Gasteiger partial charge >= 0.3 is 14.2 Å². The maximum absolute atomic E-state index is 11.2. The molecule has 8 heteroatoms. The maximum Gasteiger partial charge on any atom is 0.533 e. The van der Waals surface area contributed by atoms with E-state index >= 15 is 0 Å². The Labute approximate surface area is 59.8 Å². The minimum Gasteiger partial charge on any atom is -0.413 e. The second kappa shape index (κ2) is 3.25. The third kappa shape index (κ3) is 5.90. The number of alkyl halides is 3. The number of halogens is 3. The van der Waals surface area contributed by atoms with E-state index in [-0.39, 0.29) is 0 Å². The zero-order valence-corrected chi connectivity index (χ0v) is 5.93. The Kier molecular flexibility index (Phi) is 3.10. The summed E-state index contributed by atoms with van der Waals surface area (Å²) in [7, 11) is -5.06. The molecule has 0 aromatic carbocycles. The zero-order chi connectivity index (χ0) is 9.12. The normalized spacial score (nSPS) is 17.1. The molecule has 0 heterocycles. The molecule has 0 aliphatic heterocycles. The van der Waals surface area contributed by atoms with Crippen LogP contribution >= 0.6 is 7.82 Å². The van der Waals surface area contributed by atoms with E-state index in [1.165, 1.54) is 0 Å².